The van der Waals surface area contributed by atoms with Gasteiger partial charge in [0.05, 0.1) is 4.70 Å². The predicted octanol–water partition coefficient (Wildman–Crippen LogP) is 4.76. The lowest BCUT2D eigenvalue weighted by Gasteiger charge is -2.31. The van der Waals surface area contributed by atoms with E-state index in [2.05, 4.69) is 64.5 Å². The molecule has 1 aromatic carbocycles. The summed E-state index contributed by atoms with van der Waals surface area (Å²) >= 11 is 1.74. The Morgan fingerprint density at radius 2 is 1.93 bits per heavy atom. The standard InChI is InChI=1S/C21H23N5S.ClH/c1-13-9-15-10-14(3-4-18(15)24-13)16-11-19-20(23-12-16)25-21(27-19)26(2)17-5-7-22-8-6-17;/h3-4,9-12,17,22,24H,5-8H2,1-2H3;1H. The molecule has 0 atom stereocenters. The summed E-state index contributed by atoms with van der Waals surface area (Å²) in [6.07, 6.45) is 4.28. The second-order valence-corrected chi connectivity index (χ2v) is 8.40. The fourth-order valence-electron chi connectivity index (χ4n) is 3.92. The van der Waals surface area contributed by atoms with Crippen LogP contribution in [0.25, 0.3) is 32.4 Å². The van der Waals surface area contributed by atoms with Crippen LogP contribution in [0, 0.1) is 6.92 Å². The first-order chi connectivity index (χ1) is 13.2. The number of anilines is 1. The number of thiazole rings is 1. The van der Waals surface area contributed by atoms with Crippen LogP contribution < -0.4 is 10.2 Å². The molecule has 1 saturated heterocycles. The van der Waals surface area contributed by atoms with Gasteiger partial charge in [-0.25, -0.2) is 4.98 Å². The average molecular weight is 414 g/mol. The summed E-state index contributed by atoms with van der Waals surface area (Å²) in [5.74, 6) is 0. The molecule has 5 nitrogen and oxygen atoms in total. The van der Waals surface area contributed by atoms with E-state index >= 15 is 0 Å². The Bertz CT molecular complexity index is 1110. The maximum absolute atomic E-state index is 4.78. The SMILES string of the molecule is Cc1cc2cc(-c3cnc4nc(N(C)C5CCNCC5)sc4c3)ccc2[nH]1.Cl. The van der Waals surface area contributed by atoms with Crippen molar-refractivity contribution in [2.45, 2.75) is 25.8 Å². The van der Waals surface area contributed by atoms with E-state index in [-0.39, 0.29) is 12.4 Å². The van der Waals surface area contributed by atoms with Crippen molar-refractivity contribution in [1.29, 1.82) is 0 Å². The molecule has 0 bridgehead atoms. The third-order valence-corrected chi connectivity index (χ3v) is 6.56. The second kappa shape index (κ2) is 7.70. The summed E-state index contributed by atoms with van der Waals surface area (Å²) in [4.78, 5) is 15.1. The molecule has 0 amide bonds. The van der Waals surface area contributed by atoms with Crippen LogP contribution in [0.1, 0.15) is 18.5 Å². The Morgan fingerprint density at radius 1 is 1.11 bits per heavy atom. The molecule has 2 N–H and O–H groups in total. The zero-order valence-electron chi connectivity index (χ0n) is 16.0. The van der Waals surface area contributed by atoms with E-state index in [1.54, 1.807) is 11.3 Å². The van der Waals surface area contributed by atoms with Gasteiger partial charge in [0.2, 0.25) is 0 Å². The number of nitrogens with zero attached hydrogens (tertiary/aromatic N) is 3. The second-order valence-electron chi connectivity index (χ2n) is 7.39. The van der Waals surface area contributed by atoms with Gasteiger partial charge in [0.15, 0.2) is 10.8 Å². The van der Waals surface area contributed by atoms with Crippen molar-refractivity contribution < 1.29 is 0 Å². The van der Waals surface area contributed by atoms with Crippen LogP contribution in [0.15, 0.2) is 36.5 Å². The molecule has 5 rings (SSSR count). The lowest BCUT2D eigenvalue weighted by atomic mass is 10.1. The van der Waals surface area contributed by atoms with Crippen LogP contribution in [0.3, 0.4) is 0 Å². The lowest BCUT2D eigenvalue weighted by Crippen LogP contribution is -2.41. The van der Waals surface area contributed by atoms with E-state index in [9.17, 15) is 0 Å². The van der Waals surface area contributed by atoms with Gasteiger partial charge in [-0.2, -0.15) is 4.98 Å². The average Bonchev–Trinajstić information content (AvgIpc) is 3.29. The molecular weight excluding hydrogens is 390 g/mol. The van der Waals surface area contributed by atoms with E-state index in [4.69, 9.17) is 4.98 Å². The van der Waals surface area contributed by atoms with E-state index in [0.717, 1.165) is 34.1 Å². The predicted molar refractivity (Wildman–Crippen MR) is 121 cm³/mol. The molecule has 4 heterocycles. The molecule has 0 aliphatic carbocycles. The number of pyridine rings is 1. The van der Waals surface area contributed by atoms with Crippen molar-refractivity contribution in [3.63, 3.8) is 0 Å². The van der Waals surface area contributed by atoms with Gasteiger partial charge in [-0.1, -0.05) is 17.4 Å². The number of fused-ring (bicyclic) bond motifs is 2. The Labute approximate surface area is 174 Å². The van der Waals surface area contributed by atoms with Gasteiger partial charge in [-0.15, -0.1) is 12.4 Å². The molecule has 7 heteroatoms. The molecule has 0 radical (unpaired) electrons. The molecule has 0 unspecified atom stereocenters. The maximum atomic E-state index is 4.78. The van der Waals surface area contributed by atoms with Gasteiger partial charge in [-0.05, 0) is 62.7 Å². The summed E-state index contributed by atoms with van der Waals surface area (Å²) in [5.41, 5.74) is 5.54. The first-order valence-electron chi connectivity index (χ1n) is 9.47. The lowest BCUT2D eigenvalue weighted by molar-refractivity contribution is 0.443. The van der Waals surface area contributed by atoms with Gasteiger partial charge in [0, 0.05) is 41.4 Å². The highest BCUT2D eigenvalue weighted by Gasteiger charge is 2.21. The highest BCUT2D eigenvalue weighted by Crippen LogP contribution is 2.33. The van der Waals surface area contributed by atoms with Gasteiger partial charge in [0.1, 0.15) is 0 Å². The highest BCUT2D eigenvalue weighted by atomic mass is 35.5. The Kier molecular flexibility index (Phi) is 5.27. The van der Waals surface area contributed by atoms with Crippen molar-refractivity contribution in [2.75, 3.05) is 25.0 Å². The molecular formula is C21H24ClN5S. The third-order valence-electron chi connectivity index (χ3n) is 5.48. The number of halogens is 1. The zero-order valence-corrected chi connectivity index (χ0v) is 17.7. The number of hydrogen-bond donors (Lipinski definition) is 2. The van der Waals surface area contributed by atoms with E-state index in [1.807, 2.05) is 6.20 Å². The number of rotatable bonds is 3. The van der Waals surface area contributed by atoms with Gasteiger partial charge in [0.25, 0.3) is 0 Å². The summed E-state index contributed by atoms with van der Waals surface area (Å²) in [5, 5.41) is 5.73. The Hall–Kier alpha value is -2.15. The van der Waals surface area contributed by atoms with Crippen LogP contribution in [0.4, 0.5) is 5.13 Å². The summed E-state index contributed by atoms with van der Waals surface area (Å²) < 4.78 is 1.15. The van der Waals surface area contributed by atoms with Crippen LogP contribution >= 0.6 is 23.7 Å². The van der Waals surface area contributed by atoms with Crippen LogP contribution in [0.5, 0.6) is 0 Å². The fourth-order valence-corrected chi connectivity index (χ4v) is 4.92. The topological polar surface area (TPSA) is 56.8 Å². The number of aryl methyl sites for hydroxylation is 1. The molecule has 0 spiro atoms. The smallest absolute Gasteiger partial charge is 0.188 e. The number of H-pyrrole nitrogens is 1. The van der Waals surface area contributed by atoms with Crippen molar-refractivity contribution >= 4 is 50.1 Å². The molecule has 1 aliphatic heterocycles. The van der Waals surface area contributed by atoms with Crippen molar-refractivity contribution in [3.8, 4) is 11.1 Å². The first-order valence-corrected chi connectivity index (χ1v) is 10.3. The molecule has 1 aliphatic rings. The van der Waals surface area contributed by atoms with Crippen molar-refractivity contribution in [3.05, 3.63) is 42.2 Å². The van der Waals surface area contributed by atoms with Gasteiger partial charge < -0.3 is 15.2 Å². The largest absolute Gasteiger partial charge is 0.359 e. The van der Waals surface area contributed by atoms with Gasteiger partial charge >= 0.3 is 0 Å². The maximum Gasteiger partial charge on any atom is 0.188 e. The van der Waals surface area contributed by atoms with Gasteiger partial charge in [-0.3, -0.25) is 0 Å². The molecule has 146 valence electrons. The van der Waals surface area contributed by atoms with Crippen LogP contribution in [-0.4, -0.2) is 41.1 Å². The van der Waals surface area contributed by atoms with Crippen molar-refractivity contribution in [2.24, 2.45) is 0 Å². The van der Waals surface area contributed by atoms with E-state index in [1.165, 1.54) is 35.0 Å². The highest BCUT2D eigenvalue weighted by molar-refractivity contribution is 7.22. The minimum Gasteiger partial charge on any atom is -0.359 e. The number of nitrogens with one attached hydrogen (secondary N) is 2. The monoisotopic (exact) mass is 413 g/mol. The molecule has 3 aromatic heterocycles. The van der Waals surface area contributed by atoms with Crippen LogP contribution in [0.2, 0.25) is 0 Å². The summed E-state index contributed by atoms with van der Waals surface area (Å²) in [6, 6.07) is 11.5. The molecule has 28 heavy (non-hydrogen) atoms. The minimum atomic E-state index is 0. The normalized spacial score (nSPS) is 15.1. The number of piperidine rings is 1. The Morgan fingerprint density at radius 3 is 2.75 bits per heavy atom. The molecule has 0 saturated carbocycles. The summed E-state index contributed by atoms with van der Waals surface area (Å²) in [7, 11) is 2.16. The fraction of sp³-hybridized carbons (Fsp3) is 0.333. The van der Waals surface area contributed by atoms with Crippen molar-refractivity contribution in [1.82, 2.24) is 20.3 Å². The minimum absolute atomic E-state index is 0. The number of aromatic amines is 1. The number of benzene rings is 1. The Balaban J connectivity index is 0.00000192. The number of hydrogen-bond acceptors (Lipinski definition) is 5. The first kappa shape index (κ1) is 19.2. The van der Waals surface area contributed by atoms with E-state index in [0.29, 0.717) is 6.04 Å². The van der Waals surface area contributed by atoms with Crippen LogP contribution in [-0.2, 0) is 0 Å². The molecule has 4 aromatic rings. The summed E-state index contributed by atoms with van der Waals surface area (Å²) in [6.45, 7) is 4.26. The number of aromatic nitrogens is 3. The van der Waals surface area contributed by atoms with E-state index < -0.39 is 0 Å². The molecule has 1 fully saturated rings. The quantitative estimate of drug-likeness (QED) is 0.508. The third kappa shape index (κ3) is 3.48. The zero-order chi connectivity index (χ0) is 18.4.